The van der Waals surface area contributed by atoms with Crippen molar-refractivity contribution in [1.82, 2.24) is 29.8 Å². The smallest absolute Gasteiger partial charge is 0.316 e. The van der Waals surface area contributed by atoms with E-state index in [-0.39, 0.29) is 11.9 Å². The lowest BCUT2D eigenvalue weighted by Gasteiger charge is -2.35. The maximum absolute atomic E-state index is 13.8. The second kappa shape index (κ2) is 8.84. The van der Waals surface area contributed by atoms with Gasteiger partial charge in [-0.05, 0) is 69.7 Å². The summed E-state index contributed by atoms with van der Waals surface area (Å²) in [6, 6.07) is 7.97. The second-order valence-electron chi connectivity index (χ2n) is 9.09. The van der Waals surface area contributed by atoms with E-state index in [4.69, 9.17) is 4.74 Å². The van der Waals surface area contributed by atoms with Crippen LogP contribution in [0.15, 0.2) is 36.7 Å². The number of hydrogen-bond acceptors (Lipinski definition) is 7. The third-order valence-corrected chi connectivity index (χ3v) is 6.46. The van der Waals surface area contributed by atoms with E-state index >= 15 is 0 Å². The van der Waals surface area contributed by atoms with Gasteiger partial charge in [0.15, 0.2) is 5.82 Å². The summed E-state index contributed by atoms with van der Waals surface area (Å²) < 4.78 is 5.87. The van der Waals surface area contributed by atoms with Crippen molar-refractivity contribution in [3.05, 3.63) is 59.4 Å². The maximum Gasteiger partial charge on any atom is 0.316 e. The third kappa shape index (κ3) is 4.69. The molecule has 3 aromatic heterocycles. The van der Waals surface area contributed by atoms with Crippen LogP contribution in [-0.4, -0.2) is 54.9 Å². The quantitative estimate of drug-likeness (QED) is 0.574. The van der Waals surface area contributed by atoms with Gasteiger partial charge in [0, 0.05) is 48.5 Å². The molecule has 1 saturated heterocycles. The second-order valence-corrected chi connectivity index (χ2v) is 9.09. The summed E-state index contributed by atoms with van der Waals surface area (Å²) in [5, 5.41) is 0. The number of piperidine rings is 1. The standard InChI is InChI=1S/C25H28N6O2/c1-15-5-6-21(23-26-8-4-9-27-23)22(28-15)24(32)31-14-19-12-18(19)13-20(31)7-10-33-25-29-16(2)11-17(3)30-25/h4-6,8-9,11,18-20H,7,10,12-14H2,1-3H3/t18-,19?,20-/m1/s1. The van der Waals surface area contributed by atoms with Crippen LogP contribution in [0.25, 0.3) is 11.4 Å². The largest absolute Gasteiger partial charge is 0.463 e. The van der Waals surface area contributed by atoms with Crippen LogP contribution in [0.4, 0.5) is 0 Å². The zero-order chi connectivity index (χ0) is 22.9. The molecule has 1 aliphatic heterocycles. The van der Waals surface area contributed by atoms with Crippen LogP contribution in [0.5, 0.6) is 6.01 Å². The zero-order valence-corrected chi connectivity index (χ0v) is 19.2. The summed E-state index contributed by atoms with van der Waals surface area (Å²) in [6.45, 7) is 6.98. The molecule has 0 bridgehead atoms. The number of likely N-dealkylation sites (tertiary alicyclic amines) is 1. The Morgan fingerprint density at radius 3 is 2.52 bits per heavy atom. The molecule has 4 heterocycles. The molecule has 0 radical (unpaired) electrons. The molecule has 5 rings (SSSR count). The maximum atomic E-state index is 13.8. The third-order valence-electron chi connectivity index (χ3n) is 6.46. The summed E-state index contributed by atoms with van der Waals surface area (Å²) in [6.07, 6.45) is 6.28. The van der Waals surface area contributed by atoms with Crippen LogP contribution < -0.4 is 4.74 Å². The molecule has 8 heteroatoms. The molecule has 2 fully saturated rings. The SMILES string of the molecule is Cc1cc(C)nc(OCC[C@@H]2C[C@H]3CC3CN2C(=O)c2nc(C)ccc2-c2ncccn2)n1. The van der Waals surface area contributed by atoms with Gasteiger partial charge >= 0.3 is 6.01 Å². The number of nitrogens with zero attached hydrogens (tertiary/aromatic N) is 6. The molecule has 1 aliphatic carbocycles. The lowest BCUT2D eigenvalue weighted by Crippen LogP contribution is -2.46. The van der Waals surface area contributed by atoms with Crippen LogP contribution in [0.2, 0.25) is 0 Å². The van der Waals surface area contributed by atoms with Crippen LogP contribution >= 0.6 is 0 Å². The van der Waals surface area contributed by atoms with E-state index in [9.17, 15) is 4.79 Å². The number of rotatable bonds is 6. The molecule has 0 N–H and O–H groups in total. The minimum Gasteiger partial charge on any atom is -0.463 e. The highest BCUT2D eigenvalue weighted by Crippen LogP contribution is 2.48. The molecule has 0 spiro atoms. The Balaban J connectivity index is 1.36. The summed E-state index contributed by atoms with van der Waals surface area (Å²) in [5.74, 6) is 1.76. The Bertz CT molecular complexity index is 1150. The fraction of sp³-hybridized carbons (Fsp3) is 0.440. The first kappa shape index (κ1) is 21.4. The van der Waals surface area contributed by atoms with Gasteiger partial charge in [0.2, 0.25) is 0 Å². The van der Waals surface area contributed by atoms with E-state index in [1.165, 1.54) is 6.42 Å². The van der Waals surface area contributed by atoms with E-state index in [2.05, 4.69) is 24.9 Å². The van der Waals surface area contributed by atoms with E-state index in [0.29, 0.717) is 41.5 Å². The molecule has 3 atom stereocenters. The molecule has 2 aliphatic rings. The average Bonchev–Trinajstić information content (AvgIpc) is 3.56. The highest BCUT2D eigenvalue weighted by molar-refractivity contribution is 5.98. The van der Waals surface area contributed by atoms with Gasteiger partial charge in [-0.3, -0.25) is 4.79 Å². The van der Waals surface area contributed by atoms with E-state index in [0.717, 1.165) is 36.5 Å². The normalized spacial score (nSPS) is 21.4. The fourth-order valence-electron chi connectivity index (χ4n) is 4.74. The zero-order valence-electron chi connectivity index (χ0n) is 19.2. The number of hydrogen-bond donors (Lipinski definition) is 0. The number of amides is 1. The van der Waals surface area contributed by atoms with E-state index < -0.39 is 0 Å². The van der Waals surface area contributed by atoms with Crippen molar-refractivity contribution in [2.24, 2.45) is 11.8 Å². The molecular formula is C25H28N6O2. The highest BCUT2D eigenvalue weighted by atomic mass is 16.5. The molecule has 1 saturated carbocycles. The molecule has 8 nitrogen and oxygen atoms in total. The summed E-state index contributed by atoms with van der Waals surface area (Å²) in [7, 11) is 0. The highest BCUT2D eigenvalue weighted by Gasteiger charge is 2.47. The minimum atomic E-state index is -0.0563. The van der Waals surface area contributed by atoms with Crippen LogP contribution in [0.3, 0.4) is 0 Å². The van der Waals surface area contributed by atoms with Crippen molar-refractivity contribution in [3.63, 3.8) is 0 Å². The predicted molar refractivity (Wildman–Crippen MR) is 123 cm³/mol. The first-order valence-electron chi connectivity index (χ1n) is 11.5. The van der Waals surface area contributed by atoms with Gasteiger partial charge in [-0.2, -0.15) is 0 Å². The van der Waals surface area contributed by atoms with Crippen LogP contribution in [0, 0.1) is 32.6 Å². The van der Waals surface area contributed by atoms with E-state index in [1.54, 1.807) is 18.5 Å². The van der Waals surface area contributed by atoms with Crippen molar-refractivity contribution < 1.29 is 9.53 Å². The lowest BCUT2D eigenvalue weighted by atomic mass is 9.98. The summed E-state index contributed by atoms with van der Waals surface area (Å²) >= 11 is 0. The fourth-order valence-corrected chi connectivity index (χ4v) is 4.74. The number of ether oxygens (including phenoxy) is 1. The van der Waals surface area contributed by atoms with Gasteiger partial charge in [-0.25, -0.2) is 24.9 Å². The van der Waals surface area contributed by atoms with Gasteiger partial charge in [-0.15, -0.1) is 0 Å². The van der Waals surface area contributed by atoms with Crippen LogP contribution in [0.1, 0.15) is 46.8 Å². The topological polar surface area (TPSA) is 94.0 Å². The predicted octanol–water partition coefficient (Wildman–Crippen LogP) is 3.57. The van der Waals surface area contributed by atoms with Crippen molar-refractivity contribution in [2.45, 2.75) is 46.1 Å². The van der Waals surface area contributed by atoms with Crippen molar-refractivity contribution >= 4 is 5.91 Å². The van der Waals surface area contributed by atoms with Crippen molar-refractivity contribution in [2.75, 3.05) is 13.2 Å². The lowest BCUT2D eigenvalue weighted by molar-refractivity contribution is 0.0559. The molecule has 1 amide bonds. The van der Waals surface area contributed by atoms with Crippen molar-refractivity contribution in [1.29, 1.82) is 0 Å². The van der Waals surface area contributed by atoms with Gasteiger partial charge in [-0.1, -0.05) is 0 Å². The van der Waals surface area contributed by atoms with Gasteiger partial charge in [0.1, 0.15) is 5.69 Å². The minimum absolute atomic E-state index is 0.0563. The Morgan fingerprint density at radius 1 is 1.00 bits per heavy atom. The molecule has 0 aromatic carbocycles. The Hall–Kier alpha value is -3.42. The Morgan fingerprint density at radius 2 is 1.76 bits per heavy atom. The van der Waals surface area contributed by atoms with Gasteiger partial charge in [0.05, 0.1) is 12.2 Å². The first-order chi connectivity index (χ1) is 16.0. The van der Waals surface area contributed by atoms with Gasteiger partial charge < -0.3 is 9.64 Å². The number of carbonyl (C=O) groups excluding carboxylic acids is 1. The molecular weight excluding hydrogens is 416 g/mol. The number of carbonyl (C=O) groups is 1. The Kier molecular flexibility index (Phi) is 5.74. The summed E-state index contributed by atoms with van der Waals surface area (Å²) in [4.78, 5) is 37.8. The van der Waals surface area contributed by atoms with Crippen molar-refractivity contribution in [3.8, 4) is 17.4 Å². The number of pyridine rings is 1. The van der Waals surface area contributed by atoms with E-state index in [1.807, 2.05) is 43.9 Å². The first-order valence-corrected chi connectivity index (χ1v) is 11.5. The molecule has 3 aromatic rings. The van der Waals surface area contributed by atoms with Crippen LogP contribution in [-0.2, 0) is 0 Å². The van der Waals surface area contributed by atoms with Gasteiger partial charge in [0.25, 0.3) is 5.91 Å². The Labute approximate surface area is 193 Å². The molecule has 33 heavy (non-hydrogen) atoms. The number of fused-ring (bicyclic) bond motifs is 1. The average molecular weight is 445 g/mol. The summed E-state index contributed by atoms with van der Waals surface area (Å²) in [5.41, 5.74) is 3.65. The monoisotopic (exact) mass is 444 g/mol. The molecule has 1 unspecified atom stereocenters. The number of aromatic nitrogens is 5. The molecule has 170 valence electrons. The number of aryl methyl sites for hydroxylation is 3.